The van der Waals surface area contributed by atoms with Gasteiger partial charge in [-0.3, -0.25) is 0 Å². The highest BCUT2D eigenvalue weighted by atomic mass is 16.6. The van der Waals surface area contributed by atoms with Gasteiger partial charge in [-0.15, -0.1) is 0 Å². The summed E-state index contributed by atoms with van der Waals surface area (Å²) in [4.78, 5) is 5.06. The van der Waals surface area contributed by atoms with Gasteiger partial charge in [-0.1, -0.05) is 24.2 Å². The van der Waals surface area contributed by atoms with E-state index in [-0.39, 0.29) is 17.7 Å². The Morgan fingerprint density at radius 1 is 1.60 bits per heavy atom. The van der Waals surface area contributed by atoms with Crippen molar-refractivity contribution >= 4 is 11.5 Å². The highest BCUT2D eigenvalue weighted by molar-refractivity contribution is 6.46. The average molecular weight is 212 g/mol. The molecule has 0 aliphatic carbocycles. The molecule has 2 unspecified atom stereocenters. The van der Waals surface area contributed by atoms with Gasteiger partial charge in [0, 0.05) is 0 Å². The van der Waals surface area contributed by atoms with Crippen molar-refractivity contribution in [3.05, 3.63) is 0 Å². The zero-order chi connectivity index (χ0) is 11.8. The van der Waals surface area contributed by atoms with Crippen LogP contribution in [0.5, 0.6) is 0 Å². The Bertz CT molecular complexity index is 293. The first-order chi connectivity index (χ1) is 7.06. The topological polar surface area (TPSA) is 104 Å². The minimum Gasteiger partial charge on any atom is -0.409 e. The summed E-state index contributed by atoms with van der Waals surface area (Å²) >= 11 is 0. The monoisotopic (exact) mass is 212 g/mol. The third-order valence-corrected chi connectivity index (χ3v) is 2.21. The van der Waals surface area contributed by atoms with Crippen LogP contribution >= 0.6 is 0 Å². The first-order valence-corrected chi connectivity index (χ1v) is 4.68. The van der Waals surface area contributed by atoms with Crippen LogP contribution in [0.25, 0.3) is 0 Å². The second kappa shape index (κ2) is 6.65. The van der Waals surface area contributed by atoms with E-state index in [0.29, 0.717) is 5.92 Å². The summed E-state index contributed by atoms with van der Waals surface area (Å²) in [5, 5.41) is 23.1. The normalized spacial score (nSPS) is 16.7. The molecule has 0 aromatic carbocycles. The van der Waals surface area contributed by atoms with Gasteiger partial charge in [0.1, 0.15) is 12.2 Å². The van der Waals surface area contributed by atoms with Gasteiger partial charge in [0.05, 0.1) is 0 Å². The Morgan fingerprint density at radius 2 is 2.20 bits per heavy atom. The quantitative estimate of drug-likeness (QED) is 0.307. The number of amidine groups is 1. The maximum absolute atomic E-state index is 8.60. The summed E-state index contributed by atoms with van der Waals surface area (Å²) in [5.41, 5.74) is 4.96. The Kier molecular flexibility index (Phi) is 5.86. The molecule has 0 saturated heterocycles. The fourth-order valence-corrected chi connectivity index (χ4v) is 0.743. The minimum absolute atomic E-state index is 0.121. The SMILES string of the molecule is CCC(C)C(C)ON=C(C#N)C(N)=NO. The van der Waals surface area contributed by atoms with Crippen molar-refractivity contribution in [2.45, 2.75) is 33.3 Å². The van der Waals surface area contributed by atoms with Crippen molar-refractivity contribution in [3.8, 4) is 6.07 Å². The molecule has 15 heavy (non-hydrogen) atoms. The lowest BCUT2D eigenvalue weighted by atomic mass is 10.0. The fourth-order valence-electron chi connectivity index (χ4n) is 0.743. The molecule has 0 heterocycles. The van der Waals surface area contributed by atoms with Gasteiger partial charge in [-0.2, -0.15) is 5.26 Å². The van der Waals surface area contributed by atoms with Crippen LogP contribution in [0, 0.1) is 17.2 Å². The number of nitriles is 1. The van der Waals surface area contributed by atoms with E-state index in [1.54, 1.807) is 6.07 Å². The van der Waals surface area contributed by atoms with E-state index >= 15 is 0 Å². The second-order valence-corrected chi connectivity index (χ2v) is 3.23. The predicted octanol–water partition coefficient (Wildman–Crippen LogP) is 1.06. The molecule has 0 spiro atoms. The van der Waals surface area contributed by atoms with Crippen molar-refractivity contribution in [1.82, 2.24) is 0 Å². The van der Waals surface area contributed by atoms with Gasteiger partial charge >= 0.3 is 0 Å². The van der Waals surface area contributed by atoms with Crippen molar-refractivity contribution < 1.29 is 10.0 Å². The molecule has 0 aliphatic heterocycles. The summed E-state index contributed by atoms with van der Waals surface area (Å²) in [6.45, 7) is 5.89. The summed E-state index contributed by atoms with van der Waals surface area (Å²) in [6.07, 6.45) is 0.826. The third kappa shape index (κ3) is 4.31. The molecule has 84 valence electrons. The molecule has 0 radical (unpaired) electrons. The number of hydrogen-bond donors (Lipinski definition) is 2. The zero-order valence-corrected chi connectivity index (χ0v) is 9.14. The Morgan fingerprint density at radius 3 is 2.60 bits per heavy atom. The summed E-state index contributed by atoms with van der Waals surface area (Å²) in [7, 11) is 0. The lowest BCUT2D eigenvalue weighted by molar-refractivity contribution is 0.0343. The van der Waals surface area contributed by atoms with Gasteiger partial charge < -0.3 is 15.8 Å². The van der Waals surface area contributed by atoms with Gasteiger partial charge in [0.2, 0.25) is 11.5 Å². The van der Waals surface area contributed by atoms with Crippen LogP contribution in [0.1, 0.15) is 27.2 Å². The summed E-state index contributed by atoms with van der Waals surface area (Å²) < 4.78 is 0. The molecule has 0 aromatic heterocycles. The summed E-state index contributed by atoms with van der Waals surface area (Å²) in [5.74, 6) is -0.0326. The van der Waals surface area contributed by atoms with E-state index in [4.69, 9.17) is 21.0 Å². The first-order valence-electron chi connectivity index (χ1n) is 4.68. The first kappa shape index (κ1) is 13.2. The van der Waals surface area contributed by atoms with Gasteiger partial charge in [-0.05, 0) is 19.3 Å². The minimum atomic E-state index is -0.353. The highest BCUT2D eigenvalue weighted by Gasteiger charge is 2.12. The number of rotatable bonds is 5. The second-order valence-electron chi connectivity index (χ2n) is 3.23. The van der Waals surface area contributed by atoms with Gasteiger partial charge in [0.25, 0.3) is 0 Å². The number of nitrogens with zero attached hydrogens (tertiary/aromatic N) is 3. The van der Waals surface area contributed by atoms with Crippen molar-refractivity contribution in [3.63, 3.8) is 0 Å². The molecule has 0 rings (SSSR count). The maximum atomic E-state index is 8.60. The fraction of sp³-hybridized carbons (Fsp3) is 0.667. The van der Waals surface area contributed by atoms with Crippen LogP contribution in [0.4, 0.5) is 0 Å². The van der Waals surface area contributed by atoms with Crippen molar-refractivity contribution in [1.29, 1.82) is 5.26 Å². The van der Waals surface area contributed by atoms with Gasteiger partial charge in [-0.25, -0.2) is 0 Å². The highest BCUT2D eigenvalue weighted by Crippen LogP contribution is 2.10. The van der Waals surface area contributed by atoms with Crippen LogP contribution in [0.15, 0.2) is 10.3 Å². The summed E-state index contributed by atoms with van der Waals surface area (Å²) in [6, 6.07) is 1.67. The van der Waals surface area contributed by atoms with E-state index in [9.17, 15) is 0 Å². The molecule has 0 aromatic rings. The molecule has 0 bridgehead atoms. The molecule has 0 saturated carbocycles. The molecule has 0 fully saturated rings. The van der Waals surface area contributed by atoms with Crippen LogP contribution in [0.2, 0.25) is 0 Å². The lowest BCUT2D eigenvalue weighted by Gasteiger charge is -2.15. The third-order valence-electron chi connectivity index (χ3n) is 2.21. The van der Waals surface area contributed by atoms with Crippen molar-refractivity contribution in [2.24, 2.45) is 22.0 Å². The molecule has 6 heteroatoms. The van der Waals surface area contributed by atoms with E-state index in [1.807, 2.05) is 20.8 Å². The predicted molar refractivity (Wildman–Crippen MR) is 56.5 cm³/mol. The molecule has 0 amide bonds. The molecule has 3 N–H and O–H groups in total. The zero-order valence-electron chi connectivity index (χ0n) is 9.14. The van der Waals surface area contributed by atoms with Gasteiger partial charge in [0.15, 0.2) is 0 Å². The van der Waals surface area contributed by atoms with E-state index in [0.717, 1.165) is 6.42 Å². The molecule has 6 nitrogen and oxygen atoms in total. The smallest absolute Gasteiger partial charge is 0.224 e. The molecule has 2 atom stereocenters. The standard InChI is InChI=1S/C9H16N4O2/c1-4-6(2)7(3)15-13-8(5-10)9(11)12-14/h6-7,14H,4H2,1-3H3,(H2,11,12). The maximum Gasteiger partial charge on any atom is 0.224 e. The van der Waals surface area contributed by atoms with Crippen molar-refractivity contribution in [2.75, 3.05) is 0 Å². The Labute approximate surface area is 89.0 Å². The Balaban J connectivity index is 4.44. The Hall–Kier alpha value is -1.77. The van der Waals surface area contributed by atoms with E-state index in [2.05, 4.69) is 10.3 Å². The number of oxime groups is 2. The van der Waals surface area contributed by atoms with Crippen LogP contribution in [0.3, 0.4) is 0 Å². The number of nitrogens with two attached hydrogens (primary N) is 1. The van der Waals surface area contributed by atoms with E-state index in [1.165, 1.54) is 0 Å². The largest absolute Gasteiger partial charge is 0.409 e. The molecular weight excluding hydrogens is 196 g/mol. The lowest BCUT2D eigenvalue weighted by Crippen LogP contribution is -2.24. The van der Waals surface area contributed by atoms with Crippen LogP contribution in [-0.2, 0) is 4.84 Å². The molecular formula is C9H16N4O2. The average Bonchev–Trinajstić information content (AvgIpc) is 2.27. The van der Waals surface area contributed by atoms with Crippen LogP contribution in [-0.4, -0.2) is 22.9 Å². The molecule has 0 aliphatic rings. The van der Waals surface area contributed by atoms with E-state index < -0.39 is 0 Å². The van der Waals surface area contributed by atoms with Crippen LogP contribution < -0.4 is 5.73 Å². The number of hydrogen-bond acceptors (Lipinski definition) is 5.